The Hall–Kier alpha value is -1.89. The van der Waals surface area contributed by atoms with E-state index in [1.165, 1.54) is 17.3 Å². The van der Waals surface area contributed by atoms with Gasteiger partial charge in [0.2, 0.25) is 11.1 Å². The van der Waals surface area contributed by atoms with E-state index in [1.807, 2.05) is 36.1 Å². The van der Waals surface area contributed by atoms with E-state index in [4.69, 9.17) is 0 Å². The number of hydrogen-bond acceptors (Lipinski definition) is 5. The molecular formula is C18H27N5OS. The van der Waals surface area contributed by atoms with Crippen molar-refractivity contribution in [3.63, 3.8) is 0 Å². The van der Waals surface area contributed by atoms with Crippen molar-refractivity contribution in [1.82, 2.24) is 25.1 Å². The first-order chi connectivity index (χ1) is 11.9. The van der Waals surface area contributed by atoms with E-state index in [0.717, 1.165) is 18.8 Å². The highest BCUT2D eigenvalue weighted by Crippen LogP contribution is 2.19. The molecule has 0 aliphatic heterocycles. The normalized spacial score (nSPS) is 11.3. The van der Waals surface area contributed by atoms with Crippen LogP contribution in [0.25, 0.3) is 5.69 Å². The molecule has 1 amide bonds. The second-order valence-corrected chi connectivity index (χ2v) is 8.03. The van der Waals surface area contributed by atoms with Gasteiger partial charge in [0.1, 0.15) is 0 Å². The van der Waals surface area contributed by atoms with Crippen LogP contribution in [0.5, 0.6) is 0 Å². The Morgan fingerprint density at radius 2 is 1.72 bits per heavy atom. The van der Waals surface area contributed by atoms with Gasteiger partial charge in [0, 0.05) is 13.1 Å². The van der Waals surface area contributed by atoms with Crippen molar-refractivity contribution < 1.29 is 4.79 Å². The van der Waals surface area contributed by atoms with Crippen molar-refractivity contribution >= 4 is 17.7 Å². The SMILES string of the molecule is Cc1ccc(-n2nnnc2SCC(=O)N(CC(C)C)CC(C)C)cc1. The number of aromatic nitrogens is 4. The lowest BCUT2D eigenvalue weighted by Crippen LogP contribution is -2.38. The molecule has 0 spiro atoms. The molecule has 0 aliphatic rings. The molecule has 0 radical (unpaired) electrons. The third-order valence-corrected chi connectivity index (χ3v) is 4.47. The van der Waals surface area contributed by atoms with Gasteiger partial charge in [-0.2, -0.15) is 4.68 Å². The topological polar surface area (TPSA) is 63.9 Å². The maximum atomic E-state index is 12.6. The lowest BCUT2D eigenvalue weighted by molar-refractivity contribution is -0.129. The average molecular weight is 362 g/mol. The molecule has 0 unspecified atom stereocenters. The first-order valence-electron chi connectivity index (χ1n) is 8.62. The van der Waals surface area contributed by atoms with Crippen LogP contribution in [0.4, 0.5) is 0 Å². The van der Waals surface area contributed by atoms with Crippen LogP contribution in [0.1, 0.15) is 33.3 Å². The summed E-state index contributed by atoms with van der Waals surface area (Å²) in [7, 11) is 0. The van der Waals surface area contributed by atoms with Gasteiger partial charge in [-0.05, 0) is 41.3 Å². The Labute approximate surface area is 154 Å². The quantitative estimate of drug-likeness (QED) is 0.676. The van der Waals surface area contributed by atoms with Gasteiger partial charge in [0.05, 0.1) is 11.4 Å². The maximum Gasteiger partial charge on any atom is 0.233 e. The van der Waals surface area contributed by atoms with Crippen LogP contribution in [0.2, 0.25) is 0 Å². The van der Waals surface area contributed by atoms with Gasteiger partial charge in [-0.1, -0.05) is 57.2 Å². The molecule has 6 nitrogen and oxygen atoms in total. The minimum Gasteiger partial charge on any atom is -0.341 e. The summed E-state index contributed by atoms with van der Waals surface area (Å²) in [5.41, 5.74) is 2.07. The largest absolute Gasteiger partial charge is 0.341 e. The molecule has 1 aromatic carbocycles. The van der Waals surface area contributed by atoms with Crippen LogP contribution in [0, 0.1) is 18.8 Å². The van der Waals surface area contributed by atoms with E-state index >= 15 is 0 Å². The molecule has 1 heterocycles. The van der Waals surface area contributed by atoms with Gasteiger partial charge in [-0.25, -0.2) is 0 Å². The third kappa shape index (κ3) is 5.85. The van der Waals surface area contributed by atoms with E-state index in [1.54, 1.807) is 4.68 Å². The summed E-state index contributed by atoms with van der Waals surface area (Å²) >= 11 is 1.38. The molecule has 0 atom stereocenters. The molecule has 1 aromatic heterocycles. The van der Waals surface area contributed by atoms with Crippen LogP contribution in [-0.4, -0.2) is 49.9 Å². The van der Waals surface area contributed by atoms with Crippen molar-refractivity contribution in [2.24, 2.45) is 11.8 Å². The van der Waals surface area contributed by atoms with Crippen molar-refractivity contribution in [2.45, 2.75) is 39.8 Å². The predicted octanol–water partition coefficient (Wildman–Crippen LogP) is 3.20. The predicted molar refractivity (Wildman–Crippen MR) is 101 cm³/mol. The van der Waals surface area contributed by atoms with Gasteiger partial charge in [0.25, 0.3) is 0 Å². The Balaban J connectivity index is 2.04. The van der Waals surface area contributed by atoms with Gasteiger partial charge >= 0.3 is 0 Å². The minimum absolute atomic E-state index is 0.130. The lowest BCUT2D eigenvalue weighted by Gasteiger charge is -2.26. The van der Waals surface area contributed by atoms with Gasteiger partial charge in [0.15, 0.2) is 0 Å². The monoisotopic (exact) mass is 361 g/mol. The zero-order chi connectivity index (χ0) is 18.4. The fourth-order valence-corrected chi connectivity index (χ4v) is 3.29. The van der Waals surface area contributed by atoms with E-state index in [-0.39, 0.29) is 5.91 Å². The van der Waals surface area contributed by atoms with Crippen LogP contribution in [0.15, 0.2) is 29.4 Å². The van der Waals surface area contributed by atoms with Gasteiger partial charge in [-0.15, -0.1) is 5.10 Å². The Kier molecular flexibility index (Phi) is 6.99. The van der Waals surface area contributed by atoms with Crippen molar-refractivity contribution in [2.75, 3.05) is 18.8 Å². The number of rotatable bonds is 8. The molecule has 2 aromatic rings. The molecule has 0 saturated carbocycles. The van der Waals surface area contributed by atoms with Crippen LogP contribution >= 0.6 is 11.8 Å². The van der Waals surface area contributed by atoms with Crippen molar-refractivity contribution in [3.05, 3.63) is 29.8 Å². The third-order valence-electron chi connectivity index (χ3n) is 3.57. The summed E-state index contributed by atoms with van der Waals surface area (Å²) < 4.78 is 1.67. The highest BCUT2D eigenvalue weighted by molar-refractivity contribution is 7.99. The molecule has 0 fully saturated rings. The van der Waals surface area contributed by atoms with E-state index < -0.39 is 0 Å². The summed E-state index contributed by atoms with van der Waals surface area (Å²) in [5, 5.41) is 12.5. The smallest absolute Gasteiger partial charge is 0.233 e. The highest BCUT2D eigenvalue weighted by Gasteiger charge is 2.18. The maximum absolute atomic E-state index is 12.6. The van der Waals surface area contributed by atoms with E-state index in [0.29, 0.717) is 22.7 Å². The standard InChI is InChI=1S/C18H27N5OS/c1-13(2)10-22(11-14(3)4)17(24)12-25-18-19-20-21-23(18)16-8-6-15(5)7-9-16/h6-9,13-14H,10-12H2,1-5H3. The molecule has 0 bridgehead atoms. The molecule has 0 N–H and O–H groups in total. The molecule has 25 heavy (non-hydrogen) atoms. The van der Waals surface area contributed by atoms with Crippen molar-refractivity contribution in [1.29, 1.82) is 0 Å². The summed E-state index contributed by atoms with van der Waals surface area (Å²) in [6.07, 6.45) is 0. The Bertz CT molecular complexity index is 671. The van der Waals surface area contributed by atoms with Gasteiger partial charge in [-0.3, -0.25) is 4.79 Å². The van der Waals surface area contributed by atoms with Crippen LogP contribution in [0.3, 0.4) is 0 Å². The molecule has 0 aliphatic carbocycles. The molecule has 136 valence electrons. The average Bonchev–Trinajstić information content (AvgIpc) is 3.00. The number of carbonyl (C=O) groups is 1. The van der Waals surface area contributed by atoms with Gasteiger partial charge < -0.3 is 4.90 Å². The molecular weight excluding hydrogens is 334 g/mol. The second kappa shape index (κ2) is 8.99. The fourth-order valence-electron chi connectivity index (χ4n) is 2.49. The number of amides is 1. The summed E-state index contributed by atoms with van der Waals surface area (Å²) in [6, 6.07) is 7.98. The first-order valence-corrected chi connectivity index (χ1v) is 9.61. The zero-order valence-corrected chi connectivity index (χ0v) is 16.5. The minimum atomic E-state index is 0.130. The summed E-state index contributed by atoms with van der Waals surface area (Å²) in [6.45, 7) is 12.1. The van der Waals surface area contributed by atoms with Crippen LogP contribution in [-0.2, 0) is 4.79 Å². The summed E-state index contributed by atoms with van der Waals surface area (Å²) in [5.74, 6) is 1.37. The number of carbonyl (C=O) groups excluding carboxylic acids is 1. The number of tetrazole rings is 1. The Morgan fingerprint density at radius 3 is 2.28 bits per heavy atom. The fraction of sp³-hybridized carbons (Fsp3) is 0.556. The number of benzene rings is 1. The number of hydrogen-bond donors (Lipinski definition) is 0. The molecule has 0 saturated heterocycles. The molecule has 7 heteroatoms. The number of thioether (sulfide) groups is 1. The number of nitrogens with zero attached hydrogens (tertiary/aromatic N) is 5. The number of aryl methyl sites for hydroxylation is 1. The van der Waals surface area contributed by atoms with Crippen LogP contribution < -0.4 is 0 Å². The van der Waals surface area contributed by atoms with E-state index in [2.05, 4.69) is 43.2 Å². The zero-order valence-electron chi connectivity index (χ0n) is 15.6. The van der Waals surface area contributed by atoms with E-state index in [9.17, 15) is 4.79 Å². The molecule has 2 rings (SSSR count). The second-order valence-electron chi connectivity index (χ2n) is 7.08. The first kappa shape index (κ1) is 19.4. The highest BCUT2D eigenvalue weighted by atomic mass is 32.2. The van der Waals surface area contributed by atoms with Crippen molar-refractivity contribution in [3.8, 4) is 5.69 Å². The summed E-state index contributed by atoms with van der Waals surface area (Å²) in [4.78, 5) is 14.6. The lowest BCUT2D eigenvalue weighted by atomic mass is 10.1. The Morgan fingerprint density at radius 1 is 1.12 bits per heavy atom.